The first-order valence-corrected chi connectivity index (χ1v) is 6.77. The molecule has 3 heterocycles. The fourth-order valence-corrected chi connectivity index (χ4v) is 2.44. The van der Waals surface area contributed by atoms with Gasteiger partial charge in [-0.1, -0.05) is 17.3 Å². The standard InChI is InChI=1S/C14H13N5O2/c1-2-4-12(19-9-15-8-16-19)11(3-1)14-17-13(18-21-14)10-5-6-20-7-10/h1-4,8-10H,5-7H2/t10-/m0/s1. The van der Waals surface area contributed by atoms with Gasteiger partial charge in [0.15, 0.2) is 5.82 Å². The second kappa shape index (κ2) is 5.10. The topological polar surface area (TPSA) is 78.9 Å². The van der Waals surface area contributed by atoms with Gasteiger partial charge in [-0.3, -0.25) is 0 Å². The summed E-state index contributed by atoms with van der Waals surface area (Å²) < 4.78 is 12.5. The number of benzene rings is 1. The Labute approximate surface area is 120 Å². The summed E-state index contributed by atoms with van der Waals surface area (Å²) in [6.07, 6.45) is 4.07. The van der Waals surface area contributed by atoms with Crippen LogP contribution < -0.4 is 0 Å². The van der Waals surface area contributed by atoms with Crippen molar-refractivity contribution in [2.24, 2.45) is 0 Å². The fourth-order valence-electron chi connectivity index (χ4n) is 2.44. The molecule has 106 valence electrons. The average molecular weight is 283 g/mol. The van der Waals surface area contributed by atoms with Gasteiger partial charge in [-0.05, 0) is 18.6 Å². The van der Waals surface area contributed by atoms with Gasteiger partial charge in [0.1, 0.15) is 12.7 Å². The van der Waals surface area contributed by atoms with Crippen molar-refractivity contribution in [3.63, 3.8) is 0 Å². The van der Waals surface area contributed by atoms with Crippen molar-refractivity contribution in [2.45, 2.75) is 12.3 Å². The van der Waals surface area contributed by atoms with Crippen LogP contribution >= 0.6 is 0 Å². The van der Waals surface area contributed by atoms with Crippen molar-refractivity contribution < 1.29 is 9.26 Å². The maximum Gasteiger partial charge on any atom is 0.260 e. The van der Waals surface area contributed by atoms with Crippen LogP contribution in [0.15, 0.2) is 41.4 Å². The molecule has 2 aromatic heterocycles. The number of aromatic nitrogens is 5. The zero-order chi connectivity index (χ0) is 14.1. The maximum atomic E-state index is 5.42. The van der Waals surface area contributed by atoms with E-state index >= 15 is 0 Å². The molecule has 21 heavy (non-hydrogen) atoms. The summed E-state index contributed by atoms with van der Waals surface area (Å²) in [6, 6.07) is 7.73. The summed E-state index contributed by atoms with van der Waals surface area (Å²) in [5, 5.41) is 8.24. The van der Waals surface area contributed by atoms with Crippen LogP contribution in [0.5, 0.6) is 0 Å². The SMILES string of the molecule is c1ccc(-n2cncn2)c(-c2nc([C@H]3CCOC3)no2)c1. The van der Waals surface area contributed by atoms with E-state index in [-0.39, 0.29) is 5.92 Å². The van der Waals surface area contributed by atoms with E-state index in [2.05, 4.69) is 20.2 Å². The molecule has 1 aliphatic heterocycles. The molecular formula is C14H13N5O2. The molecule has 1 aromatic carbocycles. The minimum absolute atomic E-state index is 0.223. The molecule has 0 aliphatic carbocycles. The van der Waals surface area contributed by atoms with Crippen molar-refractivity contribution in [2.75, 3.05) is 13.2 Å². The number of ether oxygens (including phenoxy) is 1. The lowest BCUT2D eigenvalue weighted by atomic mass is 10.1. The monoisotopic (exact) mass is 283 g/mol. The van der Waals surface area contributed by atoms with E-state index < -0.39 is 0 Å². The van der Waals surface area contributed by atoms with Crippen LogP contribution in [0.4, 0.5) is 0 Å². The molecule has 1 aliphatic rings. The molecule has 1 atom stereocenters. The van der Waals surface area contributed by atoms with E-state index in [1.165, 1.54) is 6.33 Å². The van der Waals surface area contributed by atoms with E-state index in [0.717, 1.165) is 24.3 Å². The Morgan fingerprint density at radius 2 is 2.19 bits per heavy atom. The molecule has 0 radical (unpaired) electrons. The van der Waals surface area contributed by atoms with Gasteiger partial charge in [-0.15, -0.1) is 0 Å². The average Bonchev–Trinajstić information content (AvgIpc) is 3.27. The van der Waals surface area contributed by atoms with Gasteiger partial charge in [-0.25, -0.2) is 9.67 Å². The molecule has 0 N–H and O–H groups in total. The highest BCUT2D eigenvalue weighted by atomic mass is 16.5. The number of para-hydroxylation sites is 1. The van der Waals surface area contributed by atoms with Gasteiger partial charge in [0.25, 0.3) is 5.89 Å². The van der Waals surface area contributed by atoms with E-state index in [4.69, 9.17) is 9.26 Å². The molecule has 4 rings (SSSR count). The number of nitrogens with zero attached hydrogens (tertiary/aromatic N) is 5. The second-order valence-corrected chi connectivity index (χ2v) is 4.88. The first-order valence-electron chi connectivity index (χ1n) is 6.77. The Morgan fingerprint density at radius 3 is 3.00 bits per heavy atom. The molecule has 7 nitrogen and oxygen atoms in total. The van der Waals surface area contributed by atoms with Crippen LogP contribution in [0.25, 0.3) is 17.1 Å². The maximum absolute atomic E-state index is 5.42. The van der Waals surface area contributed by atoms with Crippen molar-refractivity contribution in [3.8, 4) is 17.1 Å². The molecule has 0 unspecified atom stereocenters. The Balaban J connectivity index is 1.74. The Kier molecular flexibility index (Phi) is 2.97. The third-order valence-corrected chi connectivity index (χ3v) is 3.54. The van der Waals surface area contributed by atoms with Crippen molar-refractivity contribution in [1.82, 2.24) is 24.9 Å². The number of hydrogen-bond acceptors (Lipinski definition) is 6. The third kappa shape index (κ3) is 2.21. The van der Waals surface area contributed by atoms with Gasteiger partial charge in [-0.2, -0.15) is 10.1 Å². The minimum Gasteiger partial charge on any atom is -0.381 e. The molecule has 1 saturated heterocycles. The third-order valence-electron chi connectivity index (χ3n) is 3.54. The molecule has 0 bridgehead atoms. The Morgan fingerprint density at radius 1 is 1.24 bits per heavy atom. The minimum atomic E-state index is 0.223. The van der Waals surface area contributed by atoms with Crippen LogP contribution in [0.3, 0.4) is 0 Å². The Bertz CT molecular complexity index is 731. The summed E-state index contributed by atoms with van der Waals surface area (Å²) in [5.74, 6) is 1.42. The quantitative estimate of drug-likeness (QED) is 0.729. The van der Waals surface area contributed by atoms with Crippen LogP contribution in [-0.4, -0.2) is 38.1 Å². The fraction of sp³-hybridized carbons (Fsp3) is 0.286. The van der Waals surface area contributed by atoms with Crippen LogP contribution in [0.2, 0.25) is 0 Å². The second-order valence-electron chi connectivity index (χ2n) is 4.88. The highest BCUT2D eigenvalue weighted by Crippen LogP contribution is 2.28. The van der Waals surface area contributed by atoms with Gasteiger partial charge in [0, 0.05) is 12.5 Å². The van der Waals surface area contributed by atoms with Gasteiger partial charge >= 0.3 is 0 Å². The molecule has 7 heteroatoms. The highest BCUT2D eigenvalue weighted by molar-refractivity contribution is 5.65. The zero-order valence-electron chi connectivity index (χ0n) is 11.2. The summed E-state index contributed by atoms with van der Waals surface area (Å²) in [7, 11) is 0. The predicted molar refractivity (Wildman–Crippen MR) is 72.8 cm³/mol. The van der Waals surface area contributed by atoms with Gasteiger partial charge < -0.3 is 9.26 Å². The van der Waals surface area contributed by atoms with Crippen LogP contribution in [-0.2, 0) is 4.74 Å². The van der Waals surface area contributed by atoms with Gasteiger partial charge in [0.05, 0.1) is 17.9 Å². The van der Waals surface area contributed by atoms with Crippen molar-refractivity contribution >= 4 is 0 Å². The lowest BCUT2D eigenvalue weighted by Crippen LogP contribution is -2.00. The molecule has 0 saturated carbocycles. The predicted octanol–water partition coefficient (Wildman–Crippen LogP) is 1.82. The van der Waals surface area contributed by atoms with Gasteiger partial charge in [0.2, 0.25) is 0 Å². The molecular weight excluding hydrogens is 270 g/mol. The van der Waals surface area contributed by atoms with Crippen molar-refractivity contribution in [3.05, 3.63) is 42.7 Å². The Hall–Kier alpha value is -2.54. The van der Waals surface area contributed by atoms with E-state index in [0.29, 0.717) is 18.3 Å². The first kappa shape index (κ1) is 12.2. The molecule has 1 fully saturated rings. The zero-order valence-corrected chi connectivity index (χ0v) is 11.2. The lowest BCUT2D eigenvalue weighted by molar-refractivity contribution is 0.192. The van der Waals surface area contributed by atoms with Crippen molar-refractivity contribution in [1.29, 1.82) is 0 Å². The molecule has 3 aromatic rings. The number of rotatable bonds is 3. The normalized spacial score (nSPS) is 18.2. The summed E-state index contributed by atoms with van der Waals surface area (Å²) >= 11 is 0. The molecule has 0 spiro atoms. The van der Waals surface area contributed by atoms with Crippen LogP contribution in [0.1, 0.15) is 18.2 Å². The first-order chi connectivity index (χ1) is 10.4. The highest BCUT2D eigenvalue weighted by Gasteiger charge is 2.24. The summed E-state index contributed by atoms with van der Waals surface area (Å²) in [5.41, 5.74) is 1.69. The van der Waals surface area contributed by atoms with Crippen LogP contribution in [0, 0.1) is 0 Å². The smallest absolute Gasteiger partial charge is 0.260 e. The lowest BCUT2D eigenvalue weighted by Gasteiger charge is -2.04. The summed E-state index contributed by atoms with van der Waals surface area (Å²) in [4.78, 5) is 8.48. The summed E-state index contributed by atoms with van der Waals surface area (Å²) in [6.45, 7) is 1.41. The molecule has 0 amide bonds. The van der Waals surface area contributed by atoms with E-state index in [9.17, 15) is 0 Å². The largest absolute Gasteiger partial charge is 0.381 e. The van der Waals surface area contributed by atoms with E-state index in [1.807, 2.05) is 24.3 Å². The van der Waals surface area contributed by atoms with E-state index in [1.54, 1.807) is 11.0 Å². The number of hydrogen-bond donors (Lipinski definition) is 0.